The lowest BCUT2D eigenvalue weighted by Crippen LogP contribution is -2.26. The fraction of sp³-hybridized carbons (Fsp3) is 0.357. The normalized spacial score (nSPS) is 21.2. The van der Waals surface area contributed by atoms with Crippen LogP contribution < -0.4 is 0 Å². The van der Waals surface area contributed by atoms with Gasteiger partial charge in [0.1, 0.15) is 11.4 Å². The van der Waals surface area contributed by atoms with E-state index in [9.17, 15) is 14.3 Å². The van der Waals surface area contributed by atoms with Crippen LogP contribution in [0.5, 0.6) is 0 Å². The standard InChI is InChI=1S/C14H13BrFNO3/c1-20-13(18)7-14(19)2-3-17-11-5-8(16)4-10(15)9(11)6-12(14)17/h4-6,19H,2-3,7H2,1H3/t14-/m0/s1. The summed E-state index contributed by atoms with van der Waals surface area (Å²) in [5.41, 5.74) is 0.0963. The number of carbonyl (C=O) groups is 1. The number of aromatic nitrogens is 1. The van der Waals surface area contributed by atoms with E-state index in [1.54, 1.807) is 6.07 Å². The van der Waals surface area contributed by atoms with E-state index in [0.717, 1.165) is 5.39 Å². The molecule has 2 aromatic rings. The molecule has 1 aliphatic rings. The molecule has 20 heavy (non-hydrogen) atoms. The van der Waals surface area contributed by atoms with E-state index >= 15 is 0 Å². The Hall–Kier alpha value is -1.40. The van der Waals surface area contributed by atoms with E-state index in [-0.39, 0.29) is 12.2 Å². The van der Waals surface area contributed by atoms with Crippen LogP contribution in [0.2, 0.25) is 0 Å². The number of benzene rings is 1. The zero-order chi connectivity index (χ0) is 14.5. The molecule has 0 aliphatic carbocycles. The summed E-state index contributed by atoms with van der Waals surface area (Å²) in [5, 5.41) is 11.5. The first-order valence-electron chi connectivity index (χ1n) is 6.22. The highest BCUT2D eigenvalue weighted by Crippen LogP contribution is 2.41. The Morgan fingerprint density at radius 2 is 2.30 bits per heavy atom. The van der Waals surface area contributed by atoms with Crippen molar-refractivity contribution in [2.24, 2.45) is 0 Å². The minimum atomic E-state index is -1.25. The predicted molar refractivity (Wildman–Crippen MR) is 74.7 cm³/mol. The number of ether oxygens (including phenoxy) is 1. The van der Waals surface area contributed by atoms with Crippen LogP contribution in [0.1, 0.15) is 18.5 Å². The lowest BCUT2D eigenvalue weighted by molar-refractivity contribution is -0.146. The molecule has 0 radical (unpaired) electrons. The van der Waals surface area contributed by atoms with Crippen molar-refractivity contribution >= 4 is 32.8 Å². The highest BCUT2D eigenvalue weighted by molar-refractivity contribution is 9.10. The molecular weight excluding hydrogens is 329 g/mol. The van der Waals surface area contributed by atoms with Gasteiger partial charge in [-0.15, -0.1) is 0 Å². The van der Waals surface area contributed by atoms with Crippen molar-refractivity contribution in [3.8, 4) is 0 Å². The summed E-state index contributed by atoms with van der Waals surface area (Å²) < 4.78 is 20.6. The molecule has 0 unspecified atom stereocenters. The van der Waals surface area contributed by atoms with Crippen molar-refractivity contribution in [2.45, 2.75) is 25.0 Å². The van der Waals surface area contributed by atoms with E-state index in [2.05, 4.69) is 20.7 Å². The quantitative estimate of drug-likeness (QED) is 0.854. The van der Waals surface area contributed by atoms with Crippen LogP contribution in [0.3, 0.4) is 0 Å². The Morgan fingerprint density at radius 3 is 3.00 bits per heavy atom. The number of hydrogen-bond acceptors (Lipinski definition) is 3. The molecule has 2 heterocycles. The number of carbonyl (C=O) groups excluding carboxylic acids is 1. The fourth-order valence-corrected chi connectivity index (χ4v) is 3.36. The maximum Gasteiger partial charge on any atom is 0.308 e. The molecule has 1 aromatic heterocycles. The molecule has 1 aliphatic heterocycles. The average Bonchev–Trinajstić information content (AvgIpc) is 2.89. The molecule has 0 amide bonds. The summed E-state index contributed by atoms with van der Waals surface area (Å²) in [6.07, 6.45) is 0.321. The molecule has 1 aromatic carbocycles. The monoisotopic (exact) mass is 341 g/mol. The number of hydrogen-bond donors (Lipinski definition) is 1. The number of aliphatic hydroxyl groups is 1. The number of aryl methyl sites for hydroxylation is 1. The first-order valence-corrected chi connectivity index (χ1v) is 7.02. The predicted octanol–water partition coefficient (Wildman–Crippen LogP) is 2.70. The third-order valence-electron chi connectivity index (χ3n) is 3.83. The summed E-state index contributed by atoms with van der Waals surface area (Å²) in [7, 11) is 1.29. The number of esters is 1. The van der Waals surface area contributed by atoms with Crippen LogP contribution in [0, 0.1) is 5.82 Å². The van der Waals surface area contributed by atoms with E-state index in [4.69, 9.17) is 0 Å². The summed E-state index contributed by atoms with van der Waals surface area (Å²) in [6.45, 7) is 0.544. The van der Waals surface area contributed by atoms with Crippen molar-refractivity contribution in [1.82, 2.24) is 4.57 Å². The van der Waals surface area contributed by atoms with Crippen LogP contribution >= 0.6 is 15.9 Å². The molecule has 0 bridgehead atoms. The highest BCUT2D eigenvalue weighted by atomic mass is 79.9. The van der Waals surface area contributed by atoms with Crippen LogP contribution in [0.15, 0.2) is 22.7 Å². The van der Waals surface area contributed by atoms with Crippen molar-refractivity contribution in [2.75, 3.05) is 7.11 Å². The number of fused-ring (bicyclic) bond motifs is 3. The summed E-state index contributed by atoms with van der Waals surface area (Å²) >= 11 is 3.32. The van der Waals surface area contributed by atoms with Gasteiger partial charge in [0.25, 0.3) is 0 Å². The first kappa shape index (κ1) is 13.6. The van der Waals surface area contributed by atoms with E-state index in [1.165, 1.54) is 19.2 Å². The van der Waals surface area contributed by atoms with Crippen LogP contribution in [-0.4, -0.2) is 22.8 Å². The minimum absolute atomic E-state index is 0.0973. The summed E-state index contributed by atoms with van der Waals surface area (Å²) in [6, 6.07) is 4.62. The molecule has 106 valence electrons. The molecule has 0 fully saturated rings. The van der Waals surface area contributed by atoms with Crippen molar-refractivity contribution in [1.29, 1.82) is 0 Å². The molecule has 1 N–H and O–H groups in total. The zero-order valence-corrected chi connectivity index (χ0v) is 12.4. The van der Waals surface area contributed by atoms with Crippen LogP contribution in [0.25, 0.3) is 10.9 Å². The fourth-order valence-electron chi connectivity index (χ4n) is 2.82. The van der Waals surface area contributed by atoms with Crippen molar-refractivity contribution < 1.29 is 19.0 Å². The van der Waals surface area contributed by atoms with E-state index in [1.807, 2.05) is 4.57 Å². The Bertz CT molecular complexity index is 712. The number of methoxy groups -OCH3 is 1. The SMILES string of the molecule is COC(=O)C[C@@]1(O)CCn2c1cc1c(Br)cc(F)cc12. The van der Waals surface area contributed by atoms with Gasteiger partial charge in [0, 0.05) is 22.8 Å². The Balaban J connectivity index is 2.14. The van der Waals surface area contributed by atoms with Gasteiger partial charge in [-0.3, -0.25) is 4.79 Å². The second-order valence-corrected chi connectivity index (χ2v) is 5.89. The lowest BCUT2D eigenvalue weighted by Gasteiger charge is -2.20. The third kappa shape index (κ3) is 1.94. The van der Waals surface area contributed by atoms with Gasteiger partial charge in [0.2, 0.25) is 0 Å². The smallest absolute Gasteiger partial charge is 0.308 e. The second kappa shape index (κ2) is 4.56. The molecule has 0 spiro atoms. The minimum Gasteiger partial charge on any atom is -0.469 e. The van der Waals surface area contributed by atoms with Crippen LogP contribution in [-0.2, 0) is 21.7 Å². The molecular formula is C14H13BrFNO3. The van der Waals surface area contributed by atoms with E-state index in [0.29, 0.717) is 28.6 Å². The topological polar surface area (TPSA) is 51.5 Å². The van der Waals surface area contributed by atoms with Crippen molar-refractivity contribution in [3.05, 3.63) is 34.2 Å². The van der Waals surface area contributed by atoms with Gasteiger partial charge in [-0.2, -0.15) is 0 Å². The molecule has 0 saturated heterocycles. The Kier molecular flexibility index (Phi) is 3.10. The molecule has 6 heteroatoms. The lowest BCUT2D eigenvalue weighted by atomic mass is 9.94. The molecule has 4 nitrogen and oxygen atoms in total. The van der Waals surface area contributed by atoms with Gasteiger partial charge in [0.15, 0.2) is 0 Å². The molecule has 1 atom stereocenters. The zero-order valence-electron chi connectivity index (χ0n) is 10.8. The largest absolute Gasteiger partial charge is 0.469 e. The highest BCUT2D eigenvalue weighted by Gasteiger charge is 2.40. The van der Waals surface area contributed by atoms with Crippen LogP contribution in [0.4, 0.5) is 4.39 Å². The molecule has 0 saturated carbocycles. The average molecular weight is 342 g/mol. The van der Waals surface area contributed by atoms with Gasteiger partial charge in [-0.1, -0.05) is 0 Å². The van der Waals surface area contributed by atoms with Gasteiger partial charge < -0.3 is 14.4 Å². The van der Waals surface area contributed by atoms with Gasteiger partial charge in [-0.05, 0) is 34.1 Å². The Labute approximate surface area is 123 Å². The molecule has 3 rings (SSSR count). The number of rotatable bonds is 2. The number of halogens is 2. The van der Waals surface area contributed by atoms with Crippen molar-refractivity contribution in [3.63, 3.8) is 0 Å². The van der Waals surface area contributed by atoms with E-state index < -0.39 is 11.6 Å². The van der Waals surface area contributed by atoms with Gasteiger partial charge >= 0.3 is 5.97 Å². The Morgan fingerprint density at radius 1 is 1.55 bits per heavy atom. The van der Waals surface area contributed by atoms with Gasteiger partial charge in [0.05, 0.1) is 24.7 Å². The number of nitrogens with zero attached hydrogens (tertiary/aromatic N) is 1. The second-order valence-electron chi connectivity index (χ2n) is 5.04. The maximum atomic E-state index is 13.5. The maximum absolute atomic E-state index is 13.5. The third-order valence-corrected chi connectivity index (χ3v) is 4.48. The van der Waals surface area contributed by atoms with Gasteiger partial charge in [-0.25, -0.2) is 4.39 Å². The summed E-state index contributed by atoms with van der Waals surface area (Å²) in [5.74, 6) is -0.801. The first-order chi connectivity index (χ1) is 9.44. The summed E-state index contributed by atoms with van der Waals surface area (Å²) in [4.78, 5) is 11.5.